The second kappa shape index (κ2) is 5.30. The van der Waals surface area contributed by atoms with Gasteiger partial charge in [-0.05, 0) is 25.7 Å². The van der Waals surface area contributed by atoms with Gasteiger partial charge in [0.1, 0.15) is 0 Å². The molecule has 0 aromatic carbocycles. The lowest BCUT2D eigenvalue weighted by Gasteiger charge is -2.06. The molecule has 0 unspecified atom stereocenters. The Hall–Kier alpha value is -1.10. The van der Waals surface area contributed by atoms with Crippen LogP contribution in [0.4, 0.5) is 0 Å². The minimum Gasteiger partial charge on any atom is -0.353 e. The first kappa shape index (κ1) is 11.4. The summed E-state index contributed by atoms with van der Waals surface area (Å²) in [5.74, 6) is 0.114. The minimum absolute atomic E-state index is 0.0325. The Bertz CT molecular complexity index is 244. The standard InChI is InChI=1S/C11H19N3O2/c15-10(13-8-1-2-8)5-6-12-7-11(16)14-9-3-4-9/h8-9,12H,1-7H2,(H,13,15)(H,14,16). The molecule has 3 N–H and O–H groups in total. The number of nitrogens with one attached hydrogen (secondary N) is 3. The lowest BCUT2D eigenvalue weighted by Crippen LogP contribution is -2.37. The summed E-state index contributed by atoms with van der Waals surface area (Å²) in [6.07, 6.45) is 4.89. The first-order chi connectivity index (χ1) is 7.74. The molecule has 5 heteroatoms. The number of carbonyl (C=O) groups excluding carboxylic acids is 2. The van der Waals surface area contributed by atoms with Crippen molar-refractivity contribution >= 4 is 11.8 Å². The fourth-order valence-electron chi connectivity index (χ4n) is 1.44. The zero-order valence-electron chi connectivity index (χ0n) is 9.42. The third-order valence-electron chi connectivity index (χ3n) is 2.70. The monoisotopic (exact) mass is 225 g/mol. The predicted octanol–water partition coefficient (Wildman–Crippen LogP) is -0.477. The van der Waals surface area contributed by atoms with Crippen molar-refractivity contribution in [2.24, 2.45) is 0 Å². The van der Waals surface area contributed by atoms with Crippen molar-refractivity contribution in [3.8, 4) is 0 Å². The van der Waals surface area contributed by atoms with Crippen LogP contribution < -0.4 is 16.0 Å². The molecular formula is C11H19N3O2. The molecule has 2 aliphatic carbocycles. The normalized spacial score (nSPS) is 19.2. The van der Waals surface area contributed by atoms with Crippen molar-refractivity contribution in [3.05, 3.63) is 0 Å². The fourth-order valence-corrected chi connectivity index (χ4v) is 1.44. The topological polar surface area (TPSA) is 70.2 Å². The second-order valence-electron chi connectivity index (χ2n) is 4.61. The molecule has 0 saturated heterocycles. The lowest BCUT2D eigenvalue weighted by molar-refractivity contribution is -0.122. The average Bonchev–Trinajstić information content (AvgIpc) is 3.08. The maximum Gasteiger partial charge on any atom is 0.234 e. The van der Waals surface area contributed by atoms with Gasteiger partial charge < -0.3 is 16.0 Å². The molecular weight excluding hydrogens is 206 g/mol. The number of hydrogen-bond donors (Lipinski definition) is 3. The highest BCUT2D eigenvalue weighted by Gasteiger charge is 2.23. The van der Waals surface area contributed by atoms with Gasteiger partial charge >= 0.3 is 0 Å². The summed E-state index contributed by atoms with van der Waals surface area (Å²) in [4.78, 5) is 22.5. The Morgan fingerprint density at radius 3 is 2.06 bits per heavy atom. The molecule has 2 fully saturated rings. The summed E-state index contributed by atoms with van der Waals surface area (Å²) in [5, 5.41) is 8.76. The van der Waals surface area contributed by atoms with Gasteiger partial charge in [-0.25, -0.2) is 0 Å². The van der Waals surface area contributed by atoms with Crippen LogP contribution in [0.25, 0.3) is 0 Å². The molecule has 2 aliphatic rings. The van der Waals surface area contributed by atoms with Gasteiger partial charge in [-0.3, -0.25) is 9.59 Å². The summed E-state index contributed by atoms with van der Waals surface area (Å²) in [5.41, 5.74) is 0. The quantitative estimate of drug-likeness (QED) is 0.513. The van der Waals surface area contributed by atoms with Crippen LogP contribution in [-0.2, 0) is 9.59 Å². The van der Waals surface area contributed by atoms with Crippen molar-refractivity contribution in [3.63, 3.8) is 0 Å². The van der Waals surface area contributed by atoms with E-state index in [-0.39, 0.29) is 11.8 Å². The molecule has 0 bridgehead atoms. The maximum absolute atomic E-state index is 11.3. The highest BCUT2D eigenvalue weighted by Crippen LogP contribution is 2.18. The molecule has 0 atom stereocenters. The molecule has 0 aliphatic heterocycles. The van der Waals surface area contributed by atoms with Crippen LogP contribution in [0, 0.1) is 0 Å². The second-order valence-corrected chi connectivity index (χ2v) is 4.61. The molecule has 5 nitrogen and oxygen atoms in total. The van der Waals surface area contributed by atoms with Crippen molar-refractivity contribution < 1.29 is 9.59 Å². The van der Waals surface area contributed by atoms with Crippen molar-refractivity contribution in [2.75, 3.05) is 13.1 Å². The number of carbonyl (C=O) groups is 2. The van der Waals surface area contributed by atoms with E-state index in [9.17, 15) is 9.59 Å². The third-order valence-corrected chi connectivity index (χ3v) is 2.70. The van der Waals surface area contributed by atoms with Crippen LogP contribution >= 0.6 is 0 Å². The predicted molar refractivity (Wildman–Crippen MR) is 59.8 cm³/mol. The molecule has 0 aromatic heterocycles. The number of rotatable bonds is 7. The van der Waals surface area contributed by atoms with Crippen molar-refractivity contribution in [1.29, 1.82) is 0 Å². The van der Waals surface area contributed by atoms with Gasteiger partial charge in [0.05, 0.1) is 6.54 Å². The molecule has 16 heavy (non-hydrogen) atoms. The highest BCUT2D eigenvalue weighted by atomic mass is 16.2. The summed E-state index contributed by atoms with van der Waals surface area (Å²) >= 11 is 0. The molecule has 0 spiro atoms. The van der Waals surface area contributed by atoms with E-state index in [2.05, 4.69) is 16.0 Å². The van der Waals surface area contributed by atoms with Crippen LogP contribution in [-0.4, -0.2) is 37.0 Å². The van der Waals surface area contributed by atoms with Crippen LogP contribution in [0.15, 0.2) is 0 Å². The van der Waals surface area contributed by atoms with E-state index in [0.717, 1.165) is 25.7 Å². The summed E-state index contributed by atoms with van der Waals surface area (Å²) in [6, 6.07) is 0.832. The zero-order valence-corrected chi connectivity index (χ0v) is 9.42. The molecule has 2 saturated carbocycles. The van der Waals surface area contributed by atoms with Crippen LogP contribution in [0.5, 0.6) is 0 Å². The van der Waals surface area contributed by atoms with Crippen molar-refractivity contribution in [2.45, 2.75) is 44.2 Å². The van der Waals surface area contributed by atoms with E-state index < -0.39 is 0 Å². The molecule has 2 rings (SSSR count). The Labute approximate surface area is 95.3 Å². The van der Waals surface area contributed by atoms with Crippen LogP contribution in [0.3, 0.4) is 0 Å². The number of amides is 2. The SMILES string of the molecule is O=C(CCNCC(=O)NC1CC1)NC1CC1. The molecule has 2 amide bonds. The van der Waals surface area contributed by atoms with Gasteiger partial charge in [0, 0.05) is 25.0 Å². The van der Waals surface area contributed by atoms with Gasteiger partial charge in [-0.1, -0.05) is 0 Å². The van der Waals surface area contributed by atoms with Crippen LogP contribution in [0.2, 0.25) is 0 Å². The average molecular weight is 225 g/mol. The molecule has 90 valence electrons. The van der Waals surface area contributed by atoms with E-state index in [0.29, 0.717) is 31.6 Å². The Balaban J connectivity index is 1.43. The zero-order chi connectivity index (χ0) is 11.4. The Kier molecular flexibility index (Phi) is 3.77. The van der Waals surface area contributed by atoms with E-state index in [1.807, 2.05) is 0 Å². The largest absolute Gasteiger partial charge is 0.353 e. The van der Waals surface area contributed by atoms with Gasteiger partial charge in [-0.15, -0.1) is 0 Å². The van der Waals surface area contributed by atoms with Gasteiger partial charge in [-0.2, -0.15) is 0 Å². The third kappa shape index (κ3) is 4.61. The maximum atomic E-state index is 11.3. The summed E-state index contributed by atoms with van der Waals surface area (Å²) in [6.45, 7) is 0.879. The van der Waals surface area contributed by atoms with Gasteiger partial charge in [0.2, 0.25) is 11.8 Å². The fraction of sp³-hybridized carbons (Fsp3) is 0.818. The Morgan fingerprint density at radius 2 is 1.50 bits per heavy atom. The minimum atomic E-state index is 0.0325. The smallest absolute Gasteiger partial charge is 0.234 e. The van der Waals surface area contributed by atoms with Crippen LogP contribution in [0.1, 0.15) is 32.1 Å². The molecule has 0 aromatic rings. The first-order valence-corrected chi connectivity index (χ1v) is 6.03. The van der Waals surface area contributed by atoms with E-state index in [1.54, 1.807) is 0 Å². The van der Waals surface area contributed by atoms with E-state index in [1.165, 1.54) is 0 Å². The summed E-state index contributed by atoms with van der Waals surface area (Å²) < 4.78 is 0. The highest BCUT2D eigenvalue weighted by molar-refractivity contribution is 5.79. The lowest BCUT2D eigenvalue weighted by atomic mass is 10.4. The Morgan fingerprint density at radius 1 is 0.938 bits per heavy atom. The van der Waals surface area contributed by atoms with E-state index >= 15 is 0 Å². The summed E-state index contributed by atoms with van der Waals surface area (Å²) in [7, 11) is 0. The van der Waals surface area contributed by atoms with Gasteiger partial charge in [0.15, 0.2) is 0 Å². The number of hydrogen-bond acceptors (Lipinski definition) is 3. The molecule has 0 heterocycles. The molecule has 0 radical (unpaired) electrons. The van der Waals surface area contributed by atoms with E-state index in [4.69, 9.17) is 0 Å². The van der Waals surface area contributed by atoms with Gasteiger partial charge in [0.25, 0.3) is 0 Å². The van der Waals surface area contributed by atoms with Crippen molar-refractivity contribution in [1.82, 2.24) is 16.0 Å². The first-order valence-electron chi connectivity index (χ1n) is 6.03.